The van der Waals surface area contributed by atoms with Crippen molar-refractivity contribution in [3.8, 4) is 0 Å². The highest BCUT2D eigenvalue weighted by molar-refractivity contribution is 6.89. The summed E-state index contributed by atoms with van der Waals surface area (Å²) in [6, 6.07) is 16.0. The van der Waals surface area contributed by atoms with Gasteiger partial charge in [0.2, 0.25) is 0 Å². The lowest BCUT2D eigenvalue weighted by atomic mass is 10.1. The highest BCUT2D eigenvalue weighted by atomic mass is 35.5. The second-order valence-corrected chi connectivity index (χ2v) is 9.08. The van der Waals surface area contributed by atoms with Crippen LogP contribution in [-0.4, -0.2) is 14.3 Å². The van der Waals surface area contributed by atoms with E-state index in [9.17, 15) is 0 Å². The van der Waals surface area contributed by atoms with Gasteiger partial charge in [-0.15, -0.1) is 11.6 Å². The molecule has 0 aliphatic carbocycles. The van der Waals surface area contributed by atoms with Gasteiger partial charge in [-0.25, -0.2) is 0 Å². The van der Waals surface area contributed by atoms with Crippen LogP contribution in [0.3, 0.4) is 0 Å². The van der Waals surface area contributed by atoms with Gasteiger partial charge in [-0.2, -0.15) is 0 Å². The lowest BCUT2D eigenvalue weighted by Crippen LogP contribution is -2.44. The molecular formula is C18H23ClSi. The first kappa shape index (κ1) is 15.3. The molecule has 0 amide bonds. The first-order chi connectivity index (χ1) is 9.67. The Hall–Kier alpha value is -1.05. The van der Waals surface area contributed by atoms with Gasteiger partial charge in [-0.05, 0) is 30.9 Å². The summed E-state index contributed by atoms with van der Waals surface area (Å²) in [6.07, 6.45) is 2.19. The normalized spacial score (nSPS) is 12.4. The van der Waals surface area contributed by atoms with Crippen LogP contribution in [0.4, 0.5) is 0 Å². The van der Waals surface area contributed by atoms with Crippen molar-refractivity contribution in [3.05, 3.63) is 59.2 Å². The zero-order valence-corrected chi connectivity index (χ0v) is 14.5. The van der Waals surface area contributed by atoms with Crippen LogP contribution in [0.25, 0.3) is 0 Å². The Morgan fingerprint density at radius 1 is 0.850 bits per heavy atom. The van der Waals surface area contributed by atoms with Gasteiger partial charge in [-0.1, -0.05) is 72.2 Å². The van der Waals surface area contributed by atoms with Crippen LogP contribution in [0.1, 0.15) is 30.5 Å². The Balaban J connectivity index is 2.42. The van der Waals surface area contributed by atoms with Crippen molar-refractivity contribution in [1.82, 2.24) is 0 Å². The van der Waals surface area contributed by atoms with E-state index in [2.05, 4.69) is 63.2 Å². The summed E-state index contributed by atoms with van der Waals surface area (Å²) in [5.74, 6) is 0. The van der Waals surface area contributed by atoms with Gasteiger partial charge in [0, 0.05) is 5.50 Å². The smallest absolute Gasteiger partial charge is 0.117 e. The number of alkyl halides is 1. The maximum absolute atomic E-state index is 6.33. The summed E-state index contributed by atoms with van der Waals surface area (Å²) in [5, 5.41) is 2.93. The Bertz CT molecular complexity index is 538. The summed E-state index contributed by atoms with van der Waals surface area (Å²) >= 11 is 6.33. The number of aryl methyl sites for hydroxylation is 3. The van der Waals surface area contributed by atoms with E-state index in [4.69, 9.17) is 11.6 Å². The van der Waals surface area contributed by atoms with Crippen LogP contribution < -0.4 is 10.4 Å². The van der Waals surface area contributed by atoms with Crippen molar-refractivity contribution in [2.75, 3.05) is 5.50 Å². The zero-order valence-electron chi connectivity index (χ0n) is 12.6. The van der Waals surface area contributed by atoms with E-state index in [0.29, 0.717) is 0 Å². The molecule has 20 heavy (non-hydrogen) atoms. The van der Waals surface area contributed by atoms with Crippen molar-refractivity contribution >= 4 is 30.8 Å². The molecule has 0 aliphatic rings. The average Bonchev–Trinajstić information content (AvgIpc) is 2.49. The van der Waals surface area contributed by atoms with Crippen molar-refractivity contribution in [2.45, 2.75) is 33.6 Å². The monoisotopic (exact) mass is 302 g/mol. The summed E-state index contributed by atoms with van der Waals surface area (Å²) in [6.45, 7) is 6.58. The van der Waals surface area contributed by atoms with Crippen molar-refractivity contribution in [2.24, 2.45) is 0 Å². The first-order valence-corrected chi connectivity index (χ1v) is 9.93. The van der Waals surface area contributed by atoms with Gasteiger partial charge in [-0.3, -0.25) is 0 Å². The summed E-state index contributed by atoms with van der Waals surface area (Å²) in [4.78, 5) is 0. The average molecular weight is 303 g/mol. The van der Waals surface area contributed by atoms with E-state index < -0.39 is 8.80 Å². The molecule has 2 aromatic carbocycles. The molecule has 0 fully saturated rings. The molecule has 0 heterocycles. The predicted molar refractivity (Wildman–Crippen MR) is 93.5 cm³/mol. The Labute approximate surface area is 129 Å². The van der Waals surface area contributed by atoms with Crippen LogP contribution >= 0.6 is 11.6 Å². The van der Waals surface area contributed by atoms with Crippen LogP contribution in [0, 0.1) is 6.92 Å². The molecule has 0 spiro atoms. The standard InChI is InChI=1S/C18H23ClSi/c1-4-15-10-16(5-2)12-18(11-15)20(13-19)17-8-6-14(3)7-9-17/h6-12,20H,4-5,13H2,1-3H3. The van der Waals surface area contributed by atoms with Gasteiger partial charge in [0.05, 0.1) is 0 Å². The van der Waals surface area contributed by atoms with Crippen LogP contribution in [-0.2, 0) is 12.8 Å². The highest BCUT2D eigenvalue weighted by Gasteiger charge is 2.16. The molecule has 2 rings (SSSR count). The van der Waals surface area contributed by atoms with E-state index >= 15 is 0 Å². The molecular weight excluding hydrogens is 280 g/mol. The van der Waals surface area contributed by atoms with Crippen molar-refractivity contribution < 1.29 is 0 Å². The van der Waals surface area contributed by atoms with Crippen LogP contribution in [0.15, 0.2) is 42.5 Å². The molecule has 2 aromatic rings. The lowest BCUT2D eigenvalue weighted by Gasteiger charge is -2.16. The van der Waals surface area contributed by atoms with Crippen LogP contribution in [0.5, 0.6) is 0 Å². The van der Waals surface area contributed by atoms with E-state index in [-0.39, 0.29) is 0 Å². The maximum Gasteiger partial charge on any atom is 0.117 e. The SMILES string of the molecule is CCc1cc(CC)cc([SiH](CCl)c2ccc(C)cc2)c1. The molecule has 0 aromatic heterocycles. The minimum absolute atomic E-state index is 0.763. The third-order valence-electron chi connectivity index (χ3n) is 3.93. The molecule has 106 valence electrons. The second-order valence-electron chi connectivity index (χ2n) is 5.41. The van der Waals surface area contributed by atoms with Gasteiger partial charge in [0.25, 0.3) is 0 Å². The van der Waals surface area contributed by atoms with E-state index in [0.717, 1.165) is 18.3 Å². The number of rotatable bonds is 5. The third kappa shape index (κ3) is 3.53. The van der Waals surface area contributed by atoms with Crippen LogP contribution in [0.2, 0.25) is 0 Å². The molecule has 1 unspecified atom stereocenters. The number of benzene rings is 2. The molecule has 1 atom stereocenters. The predicted octanol–water partition coefficient (Wildman–Crippen LogP) is 3.24. The maximum atomic E-state index is 6.33. The quantitative estimate of drug-likeness (QED) is 0.587. The minimum atomic E-state index is -1.27. The molecule has 0 nitrogen and oxygen atoms in total. The van der Waals surface area contributed by atoms with Gasteiger partial charge in [0.15, 0.2) is 0 Å². The Kier molecular flexibility index (Phi) is 5.44. The molecule has 2 heteroatoms. The fourth-order valence-corrected chi connectivity index (χ4v) is 5.87. The molecule has 0 saturated carbocycles. The van der Waals surface area contributed by atoms with Crippen molar-refractivity contribution in [1.29, 1.82) is 0 Å². The van der Waals surface area contributed by atoms with Gasteiger partial charge >= 0.3 is 0 Å². The largest absolute Gasteiger partial charge is 0.130 e. The minimum Gasteiger partial charge on any atom is -0.130 e. The summed E-state index contributed by atoms with van der Waals surface area (Å²) in [5.41, 5.74) is 4.95. The fraction of sp³-hybridized carbons (Fsp3) is 0.333. The molecule has 0 N–H and O–H groups in total. The molecule has 0 bridgehead atoms. The molecule has 0 radical (unpaired) electrons. The van der Waals surface area contributed by atoms with E-state index in [1.807, 2.05) is 0 Å². The second kappa shape index (κ2) is 7.10. The molecule has 0 aliphatic heterocycles. The third-order valence-corrected chi connectivity index (χ3v) is 7.49. The Morgan fingerprint density at radius 3 is 1.85 bits per heavy atom. The van der Waals surface area contributed by atoms with E-state index in [1.54, 1.807) is 0 Å². The van der Waals surface area contributed by atoms with E-state index in [1.165, 1.54) is 27.1 Å². The number of halogens is 1. The zero-order chi connectivity index (χ0) is 14.5. The Morgan fingerprint density at radius 2 is 1.40 bits per heavy atom. The highest BCUT2D eigenvalue weighted by Crippen LogP contribution is 2.07. The number of hydrogen-bond donors (Lipinski definition) is 0. The first-order valence-electron chi connectivity index (χ1n) is 7.43. The fourth-order valence-electron chi connectivity index (χ4n) is 2.57. The molecule has 0 saturated heterocycles. The lowest BCUT2D eigenvalue weighted by molar-refractivity contribution is 1.09. The summed E-state index contributed by atoms with van der Waals surface area (Å²) < 4.78 is 0. The summed E-state index contributed by atoms with van der Waals surface area (Å²) in [7, 11) is -1.27. The number of hydrogen-bond acceptors (Lipinski definition) is 0. The topological polar surface area (TPSA) is 0 Å². The van der Waals surface area contributed by atoms with Gasteiger partial charge in [0.1, 0.15) is 8.80 Å². The van der Waals surface area contributed by atoms with Gasteiger partial charge < -0.3 is 0 Å². The van der Waals surface area contributed by atoms with Crippen molar-refractivity contribution in [3.63, 3.8) is 0 Å².